The van der Waals surface area contributed by atoms with Crippen molar-refractivity contribution in [2.45, 2.75) is 45.6 Å². The van der Waals surface area contributed by atoms with Crippen LogP contribution in [0.2, 0.25) is 0 Å². The van der Waals surface area contributed by atoms with Gasteiger partial charge in [-0.2, -0.15) is 0 Å². The topological polar surface area (TPSA) is 58.5 Å². The Morgan fingerprint density at radius 3 is 2.67 bits per heavy atom. The van der Waals surface area contributed by atoms with E-state index >= 15 is 0 Å². The van der Waals surface area contributed by atoms with Crippen LogP contribution in [-0.4, -0.2) is 37.2 Å². The van der Waals surface area contributed by atoms with Crippen molar-refractivity contribution < 1.29 is 4.74 Å². The van der Waals surface area contributed by atoms with Gasteiger partial charge in [0.05, 0.1) is 12.7 Å². The van der Waals surface area contributed by atoms with E-state index in [9.17, 15) is 0 Å². The van der Waals surface area contributed by atoms with Gasteiger partial charge in [-0.3, -0.25) is 9.98 Å². The summed E-state index contributed by atoms with van der Waals surface area (Å²) >= 11 is 0. The zero-order chi connectivity index (χ0) is 16.5. The van der Waals surface area contributed by atoms with E-state index in [2.05, 4.69) is 34.5 Å². The molecule has 0 amide bonds. The monoisotopic (exact) mass is 446 g/mol. The molecule has 5 nitrogen and oxygen atoms in total. The lowest BCUT2D eigenvalue weighted by Crippen LogP contribution is -2.46. The maximum absolute atomic E-state index is 5.62. The third-order valence-electron chi connectivity index (χ3n) is 4.58. The predicted octanol–water partition coefficient (Wildman–Crippen LogP) is 3.46. The lowest BCUT2D eigenvalue weighted by molar-refractivity contribution is 0.249. The van der Waals surface area contributed by atoms with Crippen molar-refractivity contribution in [1.29, 1.82) is 0 Å². The number of ether oxygens (including phenoxy) is 1. The highest BCUT2D eigenvalue weighted by molar-refractivity contribution is 14.0. The Kier molecular flexibility index (Phi) is 10.1. The number of rotatable bonds is 6. The molecule has 1 aliphatic rings. The number of aliphatic imine (C=N–C) groups is 1. The Bertz CT molecular complexity index is 473. The van der Waals surface area contributed by atoms with Gasteiger partial charge in [0.2, 0.25) is 0 Å². The van der Waals surface area contributed by atoms with Crippen molar-refractivity contribution in [3.8, 4) is 5.75 Å². The maximum atomic E-state index is 5.62. The number of hydrogen-bond donors (Lipinski definition) is 2. The first-order valence-corrected chi connectivity index (χ1v) is 8.69. The van der Waals surface area contributed by atoms with Gasteiger partial charge in [0.25, 0.3) is 0 Å². The molecule has 0 radical (unpaired) electrons. The third-order valence-corrected chi connectivity index (χ3v) is 4.58. The minimum atomic E-state index is 0. The third kappa shape index (κ3) is 7.23. The molecule has 1 aliphatic carbocycles. The summed E-state index contributed by atoms with van der Waals surface area (Å²) in [6.07, 6.45) is 8.56. The van der Waals surface area contributed by atoms with Gasteiger partial charge in [0, 0.05) is 19.3 Å². The van der Waals surface area contributed by atoms with Gasteiger partial charge in [-0.25, -0.2) is 0 Å². The molecule has 0 aliphatic heterocycles. The number of hydrogen-bond acceptors (Lipinski definition) is 3. The van der Waals surface area contributed by atoms with Crippen LogP contribution in [0.1, 0.15) is 39.5 Å². The van der Waals surface area contributed by atoms with Crippen molar-refractivity contribution in [1.82, 2.24) is 15.6 Å². The van der Waals surface area contributed by atoms with E-state index in [1.807, 2.05) is 19.2 Å². The van der Waals surface area contributed by atoms with Crippen LogP contribution in [0.25, 0.3) is 0 Å². The highest BCUT2D eigenvalue weighted by Crippen LogP contribution is 2.29. The van der Waals surface area contributed by atoms with Crippen molar-refractivity contribution in [3.05, 3.63) is 24.5 Å². The van der Waals surface area contributed by atoms with Gasteiger partial charge in [-0.1, -0.05) is 13.8 Å². The Morgan fingerprint density at radius 2 is 2.08 bits per heavy atom. The van der Waals surface area contributed by atoms with Crippen molar-refractivity contribution in [2.75, 3.05) is 20.2 Å². The van der Waals surface area contributed by atoms with E-state index in [1.165, 1.54) is 25.7 Å². The van der Waals surface area contributed by atoms with Crippen LogP contribution in [0.3, 0.4) is 0 Å². The molecule has 0 unspecified atom stereocenters. The largest absolute Gasteiger partial charge is 0.490 e. The molecule has 1 aromatic rings. The maximum Gasteiger partial charge on any atom is 0.191 e. The van der Waals surface area contributed by atoms with E-state index in [0.717, 1.165) is 30.1 Å². The number of guanidine groups is 1. The molecule has 0 spiro atoms. The predicted molar refractivity (Wildman–Crippen MR) is 110 cm³/mol. The summed E-state index contributed by atoms with van der Waals surface area (Å²) in [4.78, 5) is 8.34. The van der Waals surface area contributed by atoms with E-state index in [-0.39, 0.29) is 24.0 Å². The van der Waals surface area contributed by atoms with Crippen molar-refractivity contribution in [2.24, 2.45) is 16.8 Å². The fraction of sp³-hybridized carbons (Fsp3) is 0.667. The molecule has 0 bridgehead atoms. The van der Waals surface area contributed by atoms with Crippen LogP contribution in [0.5, 0.6) is 5.75 Å². The lowest BCUT2D eigenvalue weighted by atomic mass is 9.80. The molecule has 0 atom stereocenters. The average Bonchev–Trinajstić information content (AvgIpc) is 2.59. The molecule has 136 valence electrons. The van der Waals surface area contributed by atoms with E-state index in [4.69, 9.17) is 4.74 Å². The minimum absolute atomic E-state index is 0. The molecule has 0 saturated heterocycles. The van der Waals surface area contributed by atoms with Crippen LogP contribution in [0.4, 0.5) is 0 Å². The van der Waals surface area contributed by atoms with Crippen molar-refractivity contribution in [3.63, 3.8) is 0 Å². The molecule has 1 heterocycles. The number of halogens is 1. The zero-order valence-electron chi connectivity index (χ0n) is 15.0. The molecule has 2 rings (SSSR count). The first-order chi connectivity index (χ1) is 11.2. The highest BCUT2D eigenvalue weighted by atomic mass is 127. The molecule has 1 saturated carbocycles. The molecular formula is C18H31IN4O. The Balaban J connectivity index is 0.00000288. The van der Waals surface area contributed by atoms with E-state index in [0.29, 0.717) is 12.6 Å². The number of aromatic nitrogens is 1. The fourth-order valence-corrected chi connectivity index (χ4v) is 3.09. The molecule has 1 fully saturated rings. The van der Waals surface area contributed by atoms with Crippen molar-refractivity contribution >= 4 is 29.9 Å². The second kappa shape index (κ2) is 11.5. The van der Waals surface area contributed by atoms with Gasteiger partial charge >= 0.3 is 0 Å². The van der Waals surface area contributed by atoms with Crippen LogP contribution < -0.4 is 15.4 Å². The van der Waals surface area contributed by atoms with Gasteiger partial charge in [0.1, 0.15) is 12.4 Å². The first kappa shape index (κ1) is 21.0. The average molecular weight is 446 g/mol. The normalized spacial score (nSPS) is 21.1. The zero-order valence-corrected chi connectivity index (χ0v) is 17.3. The SMILES string of the molecule is CN=C(NCCOc1cccnc1)NC1CCC(C(C)C)CC1.I. The van der Waals surface area contributed by atoms with Crippen LogP contribution in [0, 0.1) is 11.8 Å². The van der Waals surface area contributed by atoms with Crippen LogP contribution in [-0.2, 0) is 0 Å². The summed E-state index contributed by atoms with van der Waals surface area (Å²) in [5.41, 5.74) is 0. The van der Waals surface area contributed by atoms with E-state index in [1.54, 1.807) is 12.4 Å². The first-order valence-electron chi connectivity index (χ1n) is 8.69. The Morgan fingerprint density at radius 1 is 1.33 bits per heavy atom. The summed E-state index contributed by atoms with van der Waals surface area (Å²) in [5, 5.41) is 6.85. The van der Waals surface area contributed by atoms with E-state index < -0.39 is 0 Å². The number of nitrogens with zero attached hydrogens (tertiary/aromatic N) is 2. The summed E-state index contributed by atoms with van der Waals surface area (Å²) in [6, 6.07) is 4.32. The van der Waals surface area contributed by atoms with Crippen LogP contribution in [0.15, 0.2) is 29.5 Å². The van der Waals surface area contributed by atoms with Gasteiger partial charge in [-0.15, -0.1) is 24.0 Å². The van der Waals surface area contributed by atoms with Crippen LogP contribution >= 0.6 is 24.0 Å². The smallest absolute Gasteiger partial charge is 0.191 e. The summed E-state index contributed by atoms with van der Waals surface area (Å²) < 4.78 is 5.62. The molecule has 6 heteroatoms. The van der Waals surface area contributed by atoms with Gasteiger partial charge in [0.15, 0.2) is 5.96 Å². The lowest BCUT2D eigenvalue weighted by Gasteiger charge is -2.32. The Hall–Kier alpha value is -1.05. The van der Waals surface area contributed by atoms with Gasteiger partial charge < -0.3 is 15.4 Å². The highest BCUT2D eigenvalue weighted by Gasteiger charge is 2.23. The second-order valence-corrected chi connectivity index (χ2v) is 6.54. The number of nitrogens with one attached hydrogen (secondary N) is 2. The summed E-state index contributed by atoms with van der Waals surface area (Å²) in [5.74, 6) is 3.35. The molecular weight excluding hydrogens is 415 g/mol. The molecule has 2 N–H and O–H groups in total. The Labute approximate surface area is 163 Å². The molecule has 0 aromatic carbocycles. The summed E-state index contributed by atoms with van der Waals surface area (Å²) in [6.45, 7) is 5.98. The minimum Gasteiger partial charge on any atom is -0.490 e. The fourth-order valence-electron chi connectivity index (χ4n) is 3.09. The standard InChI is InChI=1S/C18H30N4O.HI/c1-14(2)15-6-8-16(9-7-15)22-18(19-3)21-11-12-23-17-5-4-10-20-13-17;/h4-5,10,13-16H,6-9,11-12H2,1-3H3,(H2,19,21,22);1H. The molecule has 1 aromatic heterocycles. The quantitative estimate of drug-likeness (QED) is 0.304. The summed E-state index contributed by atoms with van der Waals surface area (Å²) in [7, 11) is 1.82. The molecule has 24 heavy (non-hydrogen) atoms. The second-order valence-electron chi connectivity index (χ2n) is 6.54. The van der Waals surface area contributed by atoms with Gasteiger partial charge in [-0.05, 0) is 49.7 Å². The number of pyridine rings is 1.